The van der Waals surface area contributed by atoms with Crippen LogP contribution in [0.1, 0.15) is 12.7 Å². The maximum atomic E-state index is 4.37. The molecule has 0 spiro atoms. The molecule has 1 N–H and O–H groups in total. The first-order valence-corrected chi connectivity index (χ1v) is 4.59. The molecule has 0 radical (unpaired) electrons. The Kier molecular flexibility index (Phi) is 1.84. The van der Waals surface area contributed by atoms with Crippen LogP contribution in [-0.4, -0.2) is 15.0 Å². The van der Waals surface area contributed by atoms with E-state index in [1.54, 1.807) is 6.20 Å². The van der Waals surface area contributed by atoms with Crippen LogP contribution in [0.5, 0.6) is 0 Å². The molecule has 2 aromatic heterocycles. The molecule has 62 valence electrons. The van der Waals surface area contributed by atoms with Gasteiger partial charge in [0.2, 0.25) is 0 Å². The Morgan fingerprint density at radius 1 is 1.58 bits per heavy atom. The van der Waals surface area contributed by atoms with Crippen molar-refractivity contribution in [3.8, 4) is 0 Å². The summed E-state index contributed by atoms with van der Waals surface area (Å²) in [6, 6.07) is 1.91. The molecular formula is C8H8BrN3. The van der Waals surface area contributed by atoms with E-state index >= 15 is 0 Å². The van der Waals surface area contributed by atoms with E-state index in [1.807, 2.05) is 6.07 Å². The molecule has 0 atom stereocenters. The van der Waals surface area contributed by atoms with E-state index in [2.05, 4.69) is 37.8 Å². The van der Waals surface area contributed by atoms with Crippen LogP contribution in [-0.2, 0) is 6.42 Å². The minimum Gasteiger partial charge on any atom is -0.341 e. The zero-order valence-corrected chi connectivity index (χ0v) is 8.22. The largest absolute Gasteiger partial charge is 0.341 e. The molecule has 0 aliphatic rings. The van der Waals surface area contributed by atoms with E-state index in [4.69, 9.17) is 0 Å². The lowest BCUT2D eigenvalue weighted by molar-refractivity contribution is 1.00. The molecule has 0 fully saturated rings. The van der Waals surface area contributed by atoms with Crippen molar-refractivity contribution < 1.29 is 0 Å². The van der Waals surface area contributed by atoms with Crippen molar-refractivity contribution in [1.82, 2.24) is 15.0 Å². The Bertz CT molecular complexity index is 408. The number of nitrogens with zero attached hydrogens (tertiary/aromatic N) is 2. The van der Waals surface area contributed by atoms with E-state index in [1.165, 1.54) is 0 Å². The van der Waals surface area contributed by atoms with Gasteiger partial charge in [0, 0.05) is 6.42 Å². The van der Waals surface area contributed by atoms with Crippen LogP contribution in [0, 0.1) is 0 Å². The van der Waals surface area contributed by atoms with Gasteiger partial charge in [-0.05, 0) is 22.0 Å². The fourth-order valence-electron chi connectivity index (χ4n) is 1.11. The number of pyridine rings is 1. The van der Waals surface area contributed by atoms with Gasteiger partial charge >= 0.3 is 0 Å². The summed E-state index contributed by atoms with van der Waals surface area (Å²) in [5.74, 6) is 1.00. The van der Waals surface area contributed by atoms with E-state index in [0.717, 1.165) is 27.9 Å². The number of H-pyrrole nitrogens is 1. The van der Waals surface area contributed by atoms with Gasteiger partial charge in [-0.3, -0.25) is 0 Å². The molecule has 0 saturated heterocycles. The maximum Gasteiger partial charge on any atom is 0.108 e. The summed E-state index contributed by atoms with van der Waals surface area (Å²) >= 11 is 3.30. The fraction of sp³-hybridized carbons (Fsp3) is 0.250. The van der Waals surface area contributed by atoms with Crippen LogP contribution in [0.2, 0.25) is 0 Å². The Hall–Kier alpha value is -0.900. The zero-order chi connectivity index (χ0) is 8.55. The van der Waals surface area contributed by atoms with Crippen molar-refractivity contribution in [2.24, 2.45) is 0 Å². The van der Waals surface area contributed by atoms with Gasteiger partial charge in [-0.15, -0.1) is 0 Å². The summed E-state index contributed by atoms with van der Waals surface area (Å²) in [5.41, 5.74) is 1.96. The van der Waals surface area contributed by atoms with Gasteiger partial charge in [-0.25, -0.2) is 9.97 Å². The molecule has 0 amide bonds. The lowest BCUT2D eigenvalue weighted by Crippen LogP contribution is -1.79. The first-order valence-electron chi connectivity index (χ1n) is 3.79. The Balaban J connectivity index is 2.67. The van der Waals surface area contributed by atoms with Crippen molar-refractivity contribution in [3.05, 3.63) is 22.7 Å². The Labute approximate surface area is 78.4 Å². The minimum atomic E-state index is 0.823. The normalized spacial score (nSPS) is 10.8. The first kappa shape index (κ1) is 7.73. The van der Waals surface area contributed by atoms with Crippen molar-refractivity contribution in [1.29, 1.82) is 0 Å². The van der Waals surface area contributed by atoms with Gasteiger partial charge in [0.05, 0.1) is 17.2 Å². The molecule has 0 bridgehead atoms. The van der Waals surface area contributed by atoms with E-state index < -0.39 is 0 Å². The van der Waals surface area contributed by atoms with Crippen LogP contribution in [0.4, 0.5) is 0 Å². The fourth-order valence-corrected chi connectivity index (χ4v) is 1.42. The van der Waals surface area contributed by atoms with Crippen molar-refractivity contribution in [3.63, 3.8) is 0 Å². The summed E-state index contributed by atoms with van der Waals surface area (Å²) in [4.78, 5) is 11.6. The highest BCUT2D eigenvalue weighted by atomic mass is 79.9. The van der Waals surface area contributed by atoms with Crippen molar-refractivity contribution >= 4 is 27.0 Å². The van der Waals surface area contributed by atoms with E-state index in [0.29, 0.717) is 0 Å². The quantitative estimate of drug-likeness (QED) is 0.758. The number of rotatable bonds is 1. The molecule has 4 heteroatoms. The van der Waals surface area contributed by atoms with Gasteiger partial charge in [0.1, 0.15) is 10.4 Å². The highest BCUT2D eigenvalue weighted by Gasteiger charge is 2.00. The predicted molar refractivity (Wildman–Crippen MR) is 51.0 cm³/mol. The van der Waals surface area contributed by atoms with E-state index in [9.17, 15) is 0 Å². The van der Waals surface area contributed by atoms with Gasteiger partial charge < -0.3 is 4.98 Å². The first-order chi connectivity index (χ1) is 5.79. The van der Waals surface area contributed by atoms with Gasteiger partial charge in [0.15, 0.2) is 0 Å². The van der Waals surface area contributed by atoms with Gasteiger partial charge in [0.25, 0.3) is 0 Å². The number of hydrogen-bond donors (Lipinski definition) is 1. The Morgan fingerprint density at radius 2 is 2.42 bits per heavy atom. The SMILES string of the molecule is CCc1nc2cc(Br)ncc2[nH]1. The van der Waals surface area contributed by atoms with Crippen molar-refractivity contribution in [2.75, 3.05) is 0 Å². The molecule has 0 aliphatic heterocycles. The standard InChI is InChI=1S/C8H8BrN3/c1-2-8-11-5-3-7(9)10-4-6(5)12-8/h3-4H,2H2,1H3,(H,11,12). The number of nitrogens with one attached hydrogen (secondary N) is 1. The molecule has 0 unspecified atom stereocenters. The molecular weight excluding hydrogens is 218 g/mol. The number of fused-ring (bicyclic) bond motifs is 1. The molecule has 0 saturated carbocycles. The summed E-state index contributed by atoms with van der Waals surface area (Å²) in [5, 5.41) is 0. The van der Waals surface area contributed by atoms with Crippen LogP contribution >= 0.6 is 15.9 Å². The van der Waals surface area contributed by atoms with Crippen LogP contribution < -0.4 is 0 Å². The number of aromatic amines is 1. The highest BCUT2D eigenvalue weighted by Crippen LogP contribution is 2.14. The summed E-state index contributed by atoms with van der Waals surface area (Å²) in [6.07, 6.45) is 2.71. The predicted octanol–water partition coefficient (Wildman–Crippen LogP) is 2.28. The second-order valence-electron chi connectivity index (χ2n) is 2.56. The number of imidazole rings is 1. The second-order valence-corrected chi connectivity index (χ2v) is 3.37. The minimum absolute atomic E-state index is 0.823. The third-order valence-electron chi connectivity index (χ3n) is 1.72. The number of aryl methyl sites for hydroxylation is 1. The molecule has 2 aromatic rings. The molecule has 0 aliphatic carbocycles. The summed E-state index contributed by atoms with van der Waals surface area (Å²) in [7, 11) is 0. The summed E-state index contributed by atoms with van der Waals surface area (Å²) < 4.78 is 0.823. The molecule has 2 rings (SSSR count). The van der Waals surface area contributed by atoms with Crippen LogP contribution in [0.15, 0.2) is 16.9 Å². The number of halogens is 1. The molecule has 2 heterocycles. The van der Waals surface area contributed by atoms with Crippen LogP contribution in [0.3, 0.4) is 0 Å². The van der Waals surface area contributed by atoms with E-state index in [-0.39, 0.29) is 0 Å². The smallest absolute Gasteiger partial charge is 0.108 e. The lowest BCUT2D eigenvalue weighted by Gasteiger charge is -1.86. The monoisotopic (exact) mass is 225 g/mol. The average Bonchev–Trinajstić information content (AvgIpc) is 2.46. The maximum absolute atomic E-state index is 4.37. The lowest BCUT2D eigenvalue weighted by atomic mass is 10.4. The van der Waals surface area contributed by atoms with Crippen LogP contribution in [0.25, 0.3) is 11.0 Å². The molecule has 3 nitrogen and oxygen atoms in total. The molecule has 12 heavy (non-hydrogen) atoms. The third kappa shape index (κ3) is 1.22. The third-order valence-corrected chi connectivity index (χ3v) is 2.15. The highest BCUT2D eigenvalue weighted by molar-refractivity contribution is 9.10. The number of hydrogen-bond acceptors (Lipinski definition) is 2. The zero-order valence-electron chi connectivity index (χ0n) is 6.63. The number of aromatic nitrogens is 3. The molecule has 0 aromatic carbocycles. The van der Waals surface area contributed by atoms with Crippen molar-refractivity contribution in [2.45, 2.75) is 13.3 Å². The topological polar surface area (TPSA) is 41.6 Å². The summed E-state index contributed by atoms with van der Waals surface area (Å²) in [6.45, 7) is 2.07. The Morgan fingerprint density at radius 3 is 3.17 bits per heavy atom. The second kappa shape index (κ2) is 2.86. The van der Waals surface area contributed by atoms with Gasteiger partial charge in [-0.2, -0.15) is 0 Å². The van der Waals surface area contributed by atoms with Gasteiger partial charge in [-0.1, -0.05) is 6.92 Å². The average molecular weight is 226 g/mol.